The van der Waals surface area contributed by atoms with Gasteiger partial charge in [0.1, 0.15) is 6.67 Å². The standard InChI is InChI=1S/C9H6F4INO3/c10-3-6-4(14)1-7(18-9(11,12)13)5(15-6)2-8(16)17/h1H,2-3H2,(H,16,17). The van der Waals surface area contributed by atoms with Crippen molar-refractivity contribution in [2.75, 3.05) is 0 Å². The van der Waals surface area contributed by atoms with Crippen LogP contribution in [0.2, 0.25) is 0 Å². The molecule has 0 radical (unpaired) electrons. The van der Waals surface area contributed by atoms with Crippen LogP contribution in [0.3, 0.4) is 0 Å². The highest BCUT2D eigenvalue weighted by Gasteiger charge is 2.33. The first-order valence-electron chi connectivity index (χ1n) is 4.44. The van der Waals surface area contributed by atoms with E-state index in [4.69, 9.17) is 5.11 Å². The Bertz CT molecular complexity index is 464. The lowest BCUT2D eigenvalue weighted by Crippen LogP contribution is -2.20. The Morgan fingerprint density at radius 1 is 1.44 bits per heavy atom. The fourth-order valence-corrected chi connectivity index (χ4v) is 1.68. The van der Waals surface area contributed by atoms with E-state index in [1.54, 1.807) is 22.6 Å². The van der Waals surface area contributed by atoms with Gasteiger partial charge in [0.05, 0.1) is 17.8 Å². The summed E-state index contributed by atoms with van der Waals surface area (Å²) >= 11 is 1.59. The van der Waals surface area contributed by atoms with E-state index in [0.717, 1.165) is 6.07 Å². The van der Waals surface area contributed by atoms with Crippen molar-refractivity contribution in [2.45, 2.75) is 19.5 Å². The molecule has 0 bridgehead atoms. The summed E-state index contributed by atoms with van der Waals surface area (Å²) < 4.78 is 52.6. The zero-order chi connectivity index (χ0) is 13.9. The van der Waals surface area contributed by atoms with E-state index in [0.29, 0.717) is 0 Å². The van der Waals surface area contributed by atoms with Gasteiger partial charge in [-0.1, -0.05) is 0 Å². The molecule has 100 valence electrons. The van der Waals surface area contributed by atoms with Crippen LogP contribution in [0.4, 0.5) is 17.6 Å². The molecule has 0 amide bonds. The molecule has 4 nitrogen and oxygen atoms in total. The van der Waals surface area contributed by atoms with Crippen LogP contribution in [0.25, 0.3) is 0 Å². The third-order valence-electron chi connectivity index (χ3n) is 1.76. The van der Waals surface area contributed by atoms with Gasteiger partial charge in [0.2, 0.25) is 0 Å². The summed E-state index contributed by atoms with van der Waals surface area (Å²) in [5.41, 5.74) is -0.589. The van der Waals surface area contributed by atoms with Crippen LogP contribution in [0.1, 0.15) is 11.4 Å². The van der Waals surface area contributed by atoms with Gasteiger partial charge in [-0.05, 0) is 28.7 Å². The van der Waals surface area contributed by atoms with Crippen molar-refractivity contribution in [1.29, 1.82) is 0 Å². The Balaban J connectivity index is 3.20. The van der Waals surface area contributed by atoms with E-state index in [2.05, 4.69) is 9.72 Å². The molecule has 1 N–H and O–H groups in total. The summed E-state index contributed by atoms with van der Waals surface area (Å²) in [7, 11) is 0. The molecule has 0 aliphatic carbocycles. The van der Waals surface area contributed by atoms with Gasteiger partial charge in [0.25, 0.3) is 0 Å². The Morgan fingerprint density at radius 2 is 2.06 bits per heavy atom. The summed E-state index contributed by atoms with van der Waals surface area (Å²) in [4.78, 5) is 14.0. The highest BCUT2D eigenvalue weighted by molar-refractivity contribution is 14.1. The van der Waals surface area contributed by atoms with Crippen molar-refractivity contribution < 1.29 is 32.2 Å². The smallest absolute Gasteiger partial charge is 0.481 e. The summed E-state index contributed by atoms with van der Waals surface area (Å²) in [6.07, 6.45) is -5.75. The van der Waals surface area contributed by atoms with Crippen LogP contribution in [0.5, 0.6) is 5.75 Å². The Labute approximate surface area is 112 Å². The number of aromatic nitrogens is 1. The third kappa shape index (κ3) is 4.27. The molecule has 0 aliphatic heterocycles. The number of alkyl halides is 4. The minimum absolute atomic E-state index is 0.124. The zero-order valence-corrected chi connectivity index (χ0v) is 10.7. The summed E-state index contributed by atoms with van der Waals surface area (Å²) in [6, 6.07) is 0.911. The van der Waals surface area contributed by atoms with Crippen LogP contribution in [-0.2, 0) is 17.9 Å². The number of carboxylic acid groups (broad SMARTS) is 1. The van der Waals surface area contributed by atoms with Crippen LogP contribution in [0.15, 0.2) is 6.07 Å². The van der Waals surface area contributed by atoms with Crippen LogP contribution in [-0.4, -0.2) is 22.4 Å². The predicted octanol–water partition coefficient (Wildman–Crippen LogP) is 2.68. The lowest BCUT2D eigenvalue weighted by molar-refractivity contribution is -0.275. The Hall–Kier alpha value is -1.13. The van der Waals surface area contributed by atoms with Crippen LogP contribution >= 0.6 is 22.6 Å². The lowest BCUT2D eigenvalue weighted by atomic mass is 10.2. The minimum Gasteiger partial charge on any atom is -0.481 e. The minimum atomic E-state index is -4.96. The number of carbonyl (C=O) groups is 1. The van der Waals surface area contributed by atoms with Crippen molar-refractivity contribution in [2.24, 2.45) is 0 Å². The maximum atomic E-state index is 12.5. The molecule has 0 atom stereocenters. The third-order valence-corrected chi connectivity index (χ3v) is 2.69. The second kappa shape index (κ2) is 5.67. The largest absolute Gasteiger partial charge is 0.573 e. The molecular formula is C9H6F4INO3. The first kappa shape index (κ1) is 14.9. The number of carboxylic acids is 1. The van der Waals surface area contributed by atoms with Crippen molar-refractivity contribution in [3.63, 3.8) is 0 Å². The topological polar surface area (TPSA) is 59.4 Å². The van der Waals surface area contributed by atoms with Crippen molar-refractivity contribution in [3.8, 4) is 5.75 Å². The Morgan fingerprint density at radius 3 is 2.50 bits per heavy atom. The second-order valence-corrected chi connectivity index (χ2v) is 4.28. The molecule has 0 spiro atoms. The van der Waals surface area contributed by atoms with Crippen molar-refractivity contribution >= 4 is 28.6 Å². The fraction of sp³-hybridized carbons (Fsp3) is 0.333. The normalized spacial score (nSPS) is 11.4. The Kier molecular flexibility index (Phi) is 4.71. The number of pyridine rings is 1. The molecule has 0 fully saturated rings. The fourth-order valence-electron chi connectivity index (χ4n) is 1.13. The molecule has 1 aromatic heterocycles. The number of nitrogens with zero attached hydrogens (tertiary/aromatic N) is 1. The summed E-state index contributed by atoms with van der Waals surface area (Å²) in [6.45, 7) is -1.00. The molecule has 0 saturated heterocycles. The number of hydrogen-bond acceptors (Lipinski definition) is 3. The number of halogens is 5. The van der Waals surface area contributed by atoms with Crippen LogP contribution < -0.4 is 4.74 Å². The number of hydrogen-bond donors (Lipinski definition) is 1. The van der Waals surface area contributed by atoms with E-state index in [-0.39, 0.29) is 9.26 Å². The van der Waals surface area contributed by atoms with Gasteiger partial charge in [-0.25, -0.2) is 9.37 Å². The van der Waals surface area contributed by atoms with E-state index >= 15 is 0 Å². The first-order chi connectivity index (χ1) is 8.23. The highest BCUT2D eigenvalue weighted by Crippen LogP contribution is 2.28. The number of rotatable bonds is 4. The summed E-state index contributed by atoms with van der Waals surface area (Å²) in [5, 5.41) is 8.55. The van der Waals surface area contributed by atoms with E-state index in [1.165, 1.54) is 0 Å². The lowest BCUT2D eigenvalue weighted by Gasteiger charge is -2.13. The van der Waals surface area contributed by atoms with Gasteiger partial charge >= 0.3 is 12.3 Å². The second-order valence-electron chi connectivity index (χ2n) is 3.11. The van der Waals surface area contributed by atoms with Crippen molar-refractivity contribution in [1.82, 2.24) is 4.98 Å². The van der Waals surface area contributed by atoms with E-state index in [1.807, 2.05) is 0 Å². The molecule has 18 heavy (non-hydrogen) atoms. The number of ether oxygens (including phenoxy) is 1. The van der Waals surface area contributed by atoms with Crippen molar-refractivity contribution in [3.05, 3.63) is 21.0 Å². The van der Waals surface area contributed by atoms with Gasteiger partial charge in [0, 0.05) is 3.57 Å². The van der Waals surface area contributed by atoms with Gasteiger partial charge in [-0.2, -0.15) is 0 Å². The van der Waals surface area contributed by atoms with Gasteiger partial charge in [-0.15, -0.1) is 13.2 Å². The van der Waals surface area contributed by atoms with E-state index < -0.39 is 36.9 Å². The molecule has 0 saturated carbocycles. The SMILES string of the molecule is O=C(O)Cc1nc(CF)c(I)cc1OC(F)(F)F. The molecule has 1 rings (SSSR count). The highest BCUT2D eigenvalue weighted by atomic mass is 127. The van der Waals surface area contributed by atoms with Gasteiger partial charge in [0.15, 0.2) is 5.75 Å². The molecule has 1 aromatic rings. The quantitative estimate of drug-likeness (QED) is 0.646. The molecule has 9 heteroatoms. The van der Waals surface area contributed by atoms with E-state index in [9.17, 15) is 22.4 Å². The first-order valence-corrected chi connectivity index (χ1v) is 5.52. The predicted molar refractivity (Wildman–Crippen MR) is 59.8 cm³/mol. The number of aliphatic carboxylic acids is 1. The molecular weight excluding hydrogens is 373 g/mol. The molecule has 1 heterocycles. The average Bonchev–Trinajstić information content (AvgIpc) is 2.19. The molecule has 0 aromatic carbocycles. The van der Waals surface area contributed by atoms with Crippen LogP contribution in [0, 0.1) is 3.57 Å². The monoisotopic (exact) mass is 379 g/mol. The van der Waals surface area contributed by atoms with Gasteiger partial charge < -0.3 is 9.84 Å². The zero-order valence-electron chi connectivity index (χ0n) is 8.59. The molecule has 0 aliphatic rings. The average molecular weight is 379 g/mol. The maximum absolute atomic E-state index is 12.5. The molecule has 0 unspecified atom stereocenters. The maximum Gasteiger partial charge on any atom is 0.573 e. The summed E-state index contributed by atoms with van der Waals surface area (Å²) in [5.74, 6) is -2.12. The van der Waals surface area contributed by atoms with Gasteiger partial charge in [-0.3, -0.25) is 4.79 Å².